The van der Waals surface area contributed by atoms with E-state index in [9.17, 15) is 5.11 Å². The Balaban J connectivity index is 2.24. The number of nitrogens with zero attached hydrogens (tertiary/aromatic N) is 1. The first-order chi connectivity index (χ1) is 8.65. The zero-order valence-corrected chi connectivity index (χ0v) is 11.6. The topological polar surface area (TPSA) is 53.2 Å². The minimum atomic E-state index is -0.282. The van der Waals surface area contributed by atoms with Crippen molar-refractivity contribution in [2.75, 3.05) is 12.4 Å². The number of thioether (sulfide) groups is 1. The van der Waals surface area contributed by atoms with Crippen LogP contribution in [0.25, 0.3) is 0 Å². The number of ether oxygens (including phenoxy) is 1. The lowest BCUT2D eigenvalue weighted by Crippen LogP contribution is -2.16. The van der Waals surface area contributed by atoms with Gasteiger partial charge in [0.2, 0.25) is 0 Å². The van der Waals surface area contributed by atoms with Gasteiger partial charge in [-0.15, -0.1) is 0 Å². The molecule has 0 aromatic heterocycles. The second-order valence-electron chi connectivity index (χ2n) is 4.13. The van der Waals surface area contributed by atoms with Crippen molar-refractivity contribution in [3.05, 3.63) is 29.8 Å². The van der Waals surface area contributed by atoms with Crippen LogP contribution in [0.3, 0.4) is 0 Å². The molecule has 18 heavy (non-hydrogen) atoms. The van der Waals surface area contributed by atoms with E-state index in [1.807, 2.05) is 25.1 Å². The highest BCUT2D eigenvalue weighted by molar-refractivity contribution is 7.99. The van der Waals surface area contributed by atoms with Gasteiger partial charge in [-0.25, -0.2) is 0 Å². The molecule has 0 radical (unpaired) electrons. The second-order valence-corrected chi connectivity index (χ2v) is 5.61. The molecule has 0 amide bonds. The van der Waals surface area contributed by atoms with Gasteiger partial charge in [0, 0.05) is 5.25 Å². The average molecular weight is 265 g/mol. The van der Waals surface area contributed by atoms with Crippen molar-refractivity contribution in [3.8, 4) is 11.8 Å². The van der Waals surface area contributed by atoms with Crippen LogP contribution in [0.5, 0.6) is 5.75 Å². The van der Waals surface area contributed by atoms with Gasteiger partial charge in [-0.1, -0.05) is 19.1 Å². The Bertz CT molecular complexity index is 401. The minimum absolute atomic E-state index is 0.247. The molecule has 0 fully saturated rings. The Labute approximate surface area is 113 Å². The molecule has 1 N–H and O–H groups in total. The summed E-state index contributed by atoms with van der Waals surface area (Å²) in [5.41, 5.74) is 0.572. The maximum Gasteiger partial charge on any atom is 0.137 e. The Morgan fingerprint density at radius 2 is 2.11 bits per heavy atom. The number of aliphatic hydroxyl groups is 1. The number of nitriles is 1. The van der Waals surface area contributed by atoms with Crippen molar-refractivity contribution in [2.24, 2.45) is 0 Å². The molecule has 0 aliphatic rings. The fraction of sp³-hybridized carbons (Fsp3) is 0.500. The fourth-order valence-corrected chi connectivity index (χ4v) is 2.27. The van der Waals surface area contributed by atoms with Crippen molar-refractivity contribution in [1.82, 2.24) is 0 Å². The summed E-state index contributed by atoms with van der Waals surface area (Å²) in [6.07, 6.45) is 0.622. The second kappa shape index (κ2) is 8.02. The number of benzene rings is 1. The fourth-order valence-electron chi connectivity index (χ4n) is 1.33. The largest absolute Gasteiger partial charge is 0.492 e. The quantitative estimate of drug-likeness (QED) is 0.770. The first-order valence-corrected chi connectivity index (χ1v) is 7.11. The molecule has 0 saturated heterocycles. The molecule has 0 aliphatic heterocycles. The molecule has 3 nitrogen and oxygen atoms in total. The van der Waals surface area contributed by atoms with Gasteiger partial charge in [0.15, 0.2) is 0 Å². The van der Waals surface area contributed by atoms with E-state index in [1.165, 1.54) is 0 Å². The van der Waals surface area contributed by atoms with Crippen LogP contribution >= 0.6 is 11.8 Å². The number of hydrogen-bond donors (Lipinski definition) is 1. The molecule has 98 valence electrons. The highest BCUT2D eigenvalue weighted by Crippen LogP contribution is 2.18. The molecule has 1 aromatic rings. The third-order valence-corrected chi connectivity index (χ3v) is 4.06. The highest BCUT2D eigenvalue weighted by atomic mass is 32.2. The number of aliphatic hydroxyl groups excluding tert-OH is 1. The predicted molar refractivity (Wildman–Crippen MR) is 74.9 cm³/mol. The third-order valence-electron chi connectivity index (χ3n) is 2.61. The summed E-state index contributed by atoms with van der Waals surface area (Å²) in [7, 11) is 0. The van der Waals surface area contributed by atoms with Crippen LogP contribution in [0, 0.1) is 11.3 Å². The maximum absolute atomic E-state index is 9.34. The standard InChI is InChI=1S/C14H19NO2S/c1-11(16)12(2)18-9-5-8-17-14-7-4-3-6-13(14)10-15/h3-4,6-7,11-12,16H,5,8-9H2,1-2H3. The zero-order chi connectivity index (χ0) is 13.4. The molecule has 4 heteroatoms. The van der Waals surface area contributed by atoms with Crippen LogP contribution in [0.15, 0.2) is 24.3 Å². The van der Waals surface area contributed by atoms with Gasteiger partial charge < -0.3 is 9.84 Å². The summed E-state index contributed by atoms with van der Waals surface area (Å²) in [6, 6.07) is 9.35. The van der Waals surface area contributed by atoms with Crippen LogP contribution < -0.4 is 4.74 Å². The van der Waals surface area contributed by atoms with Crippen molar-refractivity contribution < 1.29 is 9.84 Å². The van der Waals surface area contributed by atoms with E-state index in [4.69, 9.17) is 10.00 Å². The smallest absolute Gasteiger partial charge is 0.137 e. The van der Waals surface area contributed by atoms with Gasteiger partial charge in [0.05, 0.1) is 18.3 Å². The monoisotopic (exact) mass is 265 g/mol. The predicted octanol–water partition coefficient (Wildman–Crippen LogP) is 2.83. The third kappa shape index (κ3) is 4.99. The number of para-hydroxylation sites is 1. The molecule has 0 heterocycles. The van der Waals surface area contributed by atoms with Gasteiger partial charge in [-0.05, 0) is 31.2 Å². The Kier molecular flexibility index (Phi) is 6.63. The molecule has 0 spiro atoms. The number of rotatable bonds is 7. The van der Waals surface area contributed by atoms with Gasteiger partial charge >= 0.3 is 0 Å². The SMILES string of the molecule is CC(O)C(C)SCCCOc1ccccc1C#N. The summed E-state index contributed by atoms with van der Waals surface area (Å²) in [5, 5.41) is 18.5. The van der Waals surface area contributed by atoms with E-state index in [-0.39, 0.29) is 11.4 Å². The van der Waals surface area contributed by atoms with Gasteiger partial charge in [-0.3, -0.25) is 0 Å². The van der Waals surface area contributed by atoms with Gasteiger partial charge in [-0.2, -0.15) is 17.0 Å². The van der Waals surface area contributed by atoms with Crippen LogP contribution in [-0.2, 0) is 0 Å². The number of hydrogen-bond acceptors (Lipinski definition) is 4. The molecule has 2 unspecified atom stereocenters. The normalized spacial score (nSPS) is 13.7. The summed E-state index contributed by atoms with van der Waals surface area (Å²) in [5.74, 6) is 1.59. The average Bonchev–Trinajstić information content (AvgIpc) is 2.38. The van der Waals surface area contributed by atoms with Crippen LogP contribution in [0.1, 0.15) is 25.8 Å². The molecule has 1 aromatic carbocycles. The van der Waals surface area contributed by atoms with Gasteiger partial charge in [0.25, 0.3) is 0 Å². The van der Waals surface area contributed by atoms with Crippen molar-refractivity contribution in [3.63, 3.8) is 0 Å². The summed E-state index contributed by atoms with van der Waals surface area (Å²) in [4.78, 5) is 0. The molecule has 2 atom stereocenters. The molecule has 1 rings (SSSR count). The molecule has 0 saturated carbocycles. The highest BCUT2D eigenvalue weighted by Gasteiger charge is 2.08. The molecular weight excluding hydrogens is 246 g/mol. The molecular formula is C14H19NO2S. The molecule has 0 aliphatic carbocycles. The zero-order valence-electron chi connectivity index (χ0n) is 10.8. The Hall–Kier alpha value is -1.18. The van der Waals surface area contributed by atoms with Crippen LogP contribution in [0.4, 0.5) is 0 Å². The van der Waals surface area contributed by atoms with E-state index in [2.05, 4.69) is 6.07 Å². The van der Waals surface area contributed by atoms with E-state index in [1.54, 1.807) is 24.8 Å². The first-order valence-electron chi connectivity index (χ1n) is 6.06. The molecule has 0 bridgehead atoms. The van der Waals surface area contributed by atoms with Crippen molar-refractivity contribution in [1.29, 1.82) is 5.26 Å². The Morgan fingerprint density at radius 3 is 2.78 bits per heavy atom. The maximum atomic E-state index is 9.34. The minimum Gasteiger partial charge on any atom is -0.492 e. The van der Waals surface area contributed by atoms with E-state index in [0.29, 0.717) is 17.9 Å². The van der Waals surface area contributed by atoms with E-state index >= 15 is 0 Å². The van der Waals surface area contributed by atoms with Crippen molar-refractivity contribution >= 4 is 11.8 Å². The van der Waals surface area contributed by atoms with Crippen LogP contribution in [0.2, 0.25) is 0 Å². The van der Waals surface area contributed by atoms with Crippen LogP contribution in [-0.4, -0.2) is 28.8 Å². The lowest BCUT2D eigenvalue weighted by Gasteiger charge is -2.14. The Morgan fingerprint density at radius 1 is 1.39 bits per heavy atom. The van der Waals surface area contributed by atoms with E-state index in [0.717, 1.165) is 12.2 Å². The van der Waals surface area contributed by atoms with E-state index < -0.39 is 0 Å². The summed E-state index contributed by atoms with van der Waals surface area (Å²) in [6.45, 7) is 4.41. The first kappa shape index (κ1) is 14.9. The summed E-state index contributed by atoms with van der Waals surface area (Å²) >= 11 is 1.73. The van der Waals surface area contributed by atoms with Gasteiger partial charge in [0.1, 0.15) is 11.8 Å². The summed E-state index contributed by atoms with van der Waals surface area (Å²) < 4.78 is 5.57. The lowest BCUT2D eigenvalue weighted by molar-refractivity contribution is 0.196. The lowest BCUT2D eigenvalue weighted by atomic mass is 10.2. The van der Waals surface area contributed by atoms with Crippen molar-refractivity contribution in [2.45, 2.75) is 31.6 Å².